The highest BCUT2D eigenvalue weighted by Crippen LogP contribution is 2.26. The average molecular weight is 208 g/mol. The highest BCUT2D eigenvalue weighted by Gasteiger charge is 2.27. The molecule has 0 bridgehead atoms. The molecule has 5 nitrogen and oxygen atoms in total. The van der Waals surface area contributed by atoms with Crippen molar-refractivity contribution < 1.29 is 10.0 Å². The second-order valence-corrected chi connectivity index (χ2v) is 3.64. The van der Waals surface area contributed by atoms with E-state index in [-0.39, 0.29) is 10.7 Å². The van der Waals surface area contributed by atoms with Crippen LogP contribution in [0.15, 0.2) is 18.2 Å². The van der Waals surface area contributed by atoms with Crippen molar-refractivity contribution in [3.63, 3.8) is 0 Å². The van der Waals surface area contributed by atoms with Crippen molar-refractivity contribution in [2.24, 2.45) is 0 Å². The van der Waals surface area contributed by atoms with Crippen LogP contribution in [-0.4, -0.2) is 23.1 Å². The van der Waals surface area contributed by atoms with Gasteiger partial charge in [-0.25, -0.2) is 0 Å². The van der Waals surface area contributed by atoms with Crippen molar-refractivity contribution >= 4 is 0 Å². The normalized spacial score (nSPS) is 20.4. The number of phenolic OH excluding ortho intramolecular Hbond substituents is 1. The predicted molar refractivity (Wildman–Crippen MR) is 54.4 cm³/mol. The molecule has 1 atom stereocenters. The molecule has 80 valence electrons. The van der Waals surface area contributed by atoms with Crippen LogP contribution in [0.3, 0.4) is 0 Å². The molecule has 0 radical (unpaired) electrons. The second kappa shape index (κ2) is 3.86. The zero-order valence-corrected chi connectivity index (χ0v) is 8.14. The molecule has 2 rings (SSSR count). The van der Waals surface area contributed by atoms with Crippen LogP contribution in [0.2, 0.25) is 0 Å². The third-order valence-electron chi connectivity index (χ3n) is 2.65. The number of benzene rings is 1. The molecule has 0 aliphatic carbocycles. The summed E-state index contributed by atoms with van der Waals surface area (Å²) in [5.74, 6) is 0.165. The smallest absolute Gasteiger partial charge is 0.250 e. The van der Waals surface area contributed by atoms with E-state index in [0.29, 0.717) is 25.1 Å². The number of phenols is 1. The van der Waals surface area contributed by atoms with Gasteiger partial charge in [-0.2, -0.15) is 0 Å². The summed E-state index contributed by atoms with van der Waals surface area (Å²) in [4.78, 5) is 10.6. The Morgan fingerprint density at radius 1 is 1.53 bits per heavy atom. The first-order chi connectivity index (χ1) is 7.18. The number of aromatic hydroxyl groups is 1. The second-order valence-electron chi connectivity index (χ2n) is 3.64. The summed E-state index contributed by atoms with van der Waals surface area (Å²) in [6.07, 6.45) is 0.716. The fourth-order valence-corrected chi connectivity index (χ4v) is 1.89. The maximum atomic E-state index is 10.9. The Bertz CT molecular complexity index is 392. The van der Waals surface area contributed by atoms with Gasteiger partial charge in [-0.05, 0) is 36.7 Å². The molecule has 1 heterocycles. The Kier molecular flexibility index (Phi) is 2.55. The van der Waals surface area contributed by atoms with Gasteiger partial charge in [0.25, 0.3) is 6.04 Å². The van der Waals surface area contributed by atoms with Gasteiger partial charge in [-0.15, -0.1) is 0 Å². The number of hydrogen-bond donors (Lipinski definition) is 2. The van der Waals surface area contributed by atoms with Crippen molar-refractivity contribution in [1.29, 1.82) is 0 Å². The van der Waals surface area contributed by atoms with E-state index in [4.69, 9.17) is 0 Å². The van der Waals surface area contributed by atoms with Gasteiger partial charge < -0.3 is 10.4 Å². The Morgan fingerprint density at radius 2 is 2.33 bits per heavy atom. The highest BCUT2D eigenvalue weighted by atomic mass is 16.6. The topological polar surface area (TPSA) is 75.4 Å². The minimum atomic E-state index is -0.705. The number of nitrogens with zero attached hydrogens (tertiary/aromatic N) is 1. The van der Waals surface area contributed by atoms with Gasteiger partial charge in [0, 0.05) is 10.5 Å². The summed E-state index contributed by atoms with van der Waals surface area (Å²) in [5.41, 5.74) is 1.57. The van der Waals surface area contributed by atoms with Crippen LogP contribution in [0, 0.1) is 10.1 Å². The predicted octanol–water partition coefficient (Wildman–Crippen LogP) is 0.856. The fraction of sp³-hybridized carbons (Fsp3) is 0.400. The number of nitrogens with one attached hydrogen (secondary N) is 1. The van der Waals surface area contributed by atoms with Crippen LogP contribution in [0.4, 0.5) is 0 Å². The van der Waals surface area contributed by atoms with E-state index in [0.717, 1.165) is 5.56 Å². The third-order valence-corrected chi connectivity index (χ3v) is 2.65. The van der Waals surface area contributed by atoms with E-state index in [2.05, 4.69) is 5.32 Å². The molecular formula is C10H12N2O3. The lowest BCUT2D eigenvalue weighted by molar-refractivity contribution is -0.526. The first-order valence-electron chi connectivity index (χ1n) is 4.84. The van der Waals surface area contributed by atoms with E-state index < -0.39 is 6.04 Å². The summed E-state index contributed by atoms with van der Waals surface area (Å²) < 4.78 is 0. The highest BCUT2D eigenvalue weighted by molar-refractivity contribution is 5.37. The zero-order valence-electron chi connectivity index (χ0n) is 8.14. The SMILES string of the molecule is O=[N+]([O-])C1CNCCc2cc(O)ccc21. The van der Waals surface area contributed by atoms with E-state index in [1.807, 2.05) is 0 Å². The standard InChI is InChI=1S/C10H12N2O3/c13-8-1-2-9-7(5-8)3-4-11-6-10(9)12(14)15/h1-2,5,10-11,13H,3-4,6H2. The van der Waals surface area contributed by atoms with Crippen molar-refractivity contribution in [2.45, 2.75) is 12.5 Å². The fourth-order valence-electron chi connectivity index (χ4n) is 1.89. The number of nitro groups is 1. The monoisotopic (exact) mass is 208 g/mol. The summed E-state index contributed by atoms with van der Waals surface area (Å²) in [6, 6.07) is 4.05. The summed E-state index contributed by atoms with van der Waals surface area (Å²) in [5, 5.41) is 23.2. The molecule has 15 heavy (non-hydrogen) atoms. The molecular weight excluding hydrogens is 196 g/mol. The van der Waals surface area contributed by atoms with E-state index in [1.54, 1.807) is 12.1 Å². The largest absolute Gasteiger partial charge is 0.508 e. The van der Waals surface area contributed by atoms with Crippen LogP contribution in [-0.2, 0) is 6.42 Å². The van der Waals surface area contributed by atoms with Crippen molar-refractivity contribution in [3.8, 4) is 5.75 Å². The van der Waals surface area contributed by atoms with Gasteiger partial charge in [-0.1, -0.05) is 0 Å². The van der Waals surface area contributed by atoms with Crippen molar-refractivity contribution in [2.75, 3.05) is 13.1 Å². The summed E-state index contributed by atoms with van der Waals surface area (Å²) >= 11 is 0. The molecule has 0 aromatic heterocycles. The van der Waals surface area contributed by atoms with Gasteiger partial charge in [0.15, 0.2) is 0 Å². The maximum Gasteiger partial charge on any atom is 0.250 e. The summed E-state index contributed by atoms with van der Waals surface area (Å²) in [7, 11) is 0. The lowest BCUT2D eigenvalue weighted by Crippen LogP contribution is -2.24. The Balaban J connectivity index is 2.45. The molecule has 0 saturated carbocycles. The molecule has 1 aromatic carbocycles. The van der Waals surface area contributed by atoms with Crippen LogP contribution in [0.1, 0.15) is 17.2 Å². The van der Waals surface area contributed by atoms with Crippen molar-refractivity contribution in [1.82, 2.24) is 5.32 Å². The van der Waals surface area contributed by atoms with Gasteiger partial charge in [-0.3, -0.25) is 10.1 Å². The number of rotatable bonds is 1. The quantitative estimate of drug-likeness (QED) is 0.530. The van der Waals surface area contributed by atoms with Gasteiger partial charge in [0.05, 0.1) is 6.54 Å². The first-order valence-corrected chi connectivity index (χ1v) is 4.84. The number of fused-ring (bicyclic) bond motifs is 1. The minimum Gasteiger partial charge on any atom is -0.508 e. The van der Waals surface area contributed by atoms with E-state index in [1.165, 1.54) is 6.07 Å². The number of hydrogen-bond acceptors (Lipinski definition) is 4. The molecule has 0 saturated heterocycles. The van der Waals surface area contributed by atoms with Crippen LogP contribution in [0.25, 0.3) is 0 Å². The Morgan fingerprint density at radius 3 is 3.07 bits per heavy atom. The minimum absolute atomic E-state index is 0.165. The van der Waals surface area contributed by atoms with Gasteiger partial charge in [0.1, 0.15) is 5.75 Å². The molecule has 1 aliphatic rings. The molecule has 0 amide bonds. The molecule has 1 aromatic rings. The van der Waals surface area contributed by atoms with Crippen LogP contribution in [0.5, 0.6) is 5.75 Å². The molecule has 0 fully saturated rings. The molecule has 0 spiro atoms. The Labute approximate surface area is 86.9 Å². The average Bonchev–Trinajstić information content (AvgIpc) is 2.38. The molecule has 5 heteroatoms. The van der Waals surface area contributed by atoms with E-state index >= 15 is 0 Å². The van der Waals surface area contributed by atoms with Gasteiger partial charge in [0.2, 0.25) is 0 Å². The molecule has 1 aliphatic heterocycles. The lowest BCUT2D eigenvalue weighted by Gasteiger charge is -2.09. The molecule has 1 unspecified atom stereocenters. The van der Waals surface area contributed by atoms with Crippen LogP contribution < -0.4 is 5.32 Å². The summed E-state index contributed by atoms with van der Waals surface area (Å²) in [6.45, 7) is 1.06. The first kappa shape index (κ1) is 9.92. The lowest BCUT2D eigenvalue weighted by atomic mass is 10.00. The van der Waals surface area contributed by atoms with Gasteiger partial charge >= 0.3 is 0 Å². The van der Waals surface area contributed by atoms with Crippen molar-refractivity contribution in [3.05, 3.63) is 39.4 Å². The zero-order chi connectivity index (χ0) is 10.8. The van der Waals surface area contributed by atoms with E-state index in [9.17, 15) is 15.2 Å². The third kappa shape index (κ3) is 1.92. The molecule has 2 N–H and O–H groups in total. The van der Waals surface area contributed by atoms with Crippen LogP contribution >= 0.6 is 0 Å². The maximum absolute atomic E-state index is 10.9. The Hall–Kier alpha value is -1.62.